The van der Waals surface area contributed by atoms with Crippen molar-refractivity contribution in [2.75, 3.05) is 13.2 Å². The Kier molecular flexibility index (Phi) is 6.21. The average molecular weight is 434 g/mol. The number of aliphatic hydroxyl groups excluding tert-OH is 1. The lowest BCUT2D eigenvalue weighted by atomic mass is 9.95. The van der Waals surface area contributed by atoms with Crippen LogP contribution in [0.4, 0.5) is 0 Å². The molecule has 0 aliphatic carbocycles. The van der Waals surface area contributed by atoms with E-state index in [-0.39, 0.29) is 11.3 Å². The molecule has 0 saturated carbocycles. The minimum Gasteiger partial charge on any atom is -0.503 e. The number of aromatic amines is 1. The molecule has 0 fully saturated rings. The predicted octanol–water partition coefficient (Wildman–Crippen LogP) is 3.13. The molecule has 4 rings (SSSR count). The first-order chi connectivity index (χ1) is 15.6. The van der Waals surface area contributed by atoms with Gasteiger partial charge in [0.2, 0.25) is 12.1 Å². The molecule has 0 saturated heterocycles. The van der Waals surface area contributed by atoms with Gasteiger partial charge in [-0.25, -0.2) is 4.57 Å². The van der Waals surface area contributed by atoms with Crippen LogP contribution in [0.5, 0.6) is 5.75 Å². The fraction of sp³-hybridized carbons (Fsp3) is 0.208. The Morgan fingerprint density at radius 2 is 2.22 bits per heavy atom. The van der Waals surface area contributed by atoms with E-state index in [9.17, 15) is 14.7 Å². The van der Waals surface area contributed by atoms with Gasteiger partial charge in [0.25, 0.3) is 5.91 Å². The van der Waals surface area contributed by atoms with Crippen LogP contribution in [-0.4, -0.2) is 39.8 Å². The number of imidazole rings is 1. The topological polar surface area (TPSA) is 99.7 Å². The lowest BCUT2D eigenvalue weighted by Gasteiger charge is -2.26. The molecule has 0 radical (unpaired) electrons. The Morgan fingerprint density at radius 1 is 1.34 bits per heavy atom. The van der Waals surface area contributed by atoms with Gasteiger partial charge in [-0.15, -0.1) is 0 Å². The maximum absolute atomic E-state index is 13.2. The molecule has 1 aliphatic heterocycles. The standard InChI is InChI=1S/C24H23N3O5/c1-2-13-31-18-7-3-6-17(15-18)21-20(22(28)19-8-4-14-32-19)23(29)24(30)27(21)11-5-10-26-12-9-25-16-26/h2-4,6-9,12,14-16,21H,1,5,10-11,13H2,(H,28,29)/p+1. The summed E-state index contributed by atoms with van der Waals surface area (Å²) in [5.74, 6) is -1.02. The summed E-state index contributed by atoms with van der Waals surface area (Å²) in [7, 11) is 0. The third-order valence-electron chi connectivity index (χ3n) is 5.25. The number of carbonyl (C=O) groups is 2. The third kappa shape index (κ3) is 4.20. The fourth-order valence-corrected chi connectivity index (χ4v) is 3.82. The number of rotatable bonds is 10. The van der Waals surface area contributed by atoms with E-state index in [4.69, 9.17) is 9.15 Å². The first-order valence-corrected chi connectivity index (χ1v) is 10.3. The number of aromatic nitrogens is 2. The van der Waals surface area contributed by atoms with Gasteiger partial charge >= 0.3 is 0 Å². The molecule has 0 spiro atoms. The molecule has 1 atom stereocenters. The van der Waals surface area contributed by atoms with Gasteiger partial charge in [0.05, 0.1) is 24.4 Å². The molecule has 1 amide bonds. The molecular weight excluding hydrogens is 410 g/mol. The predicted molar refractivity (Wildman–Crippen MR) is 115 cm³/mol. The minimum absolute atomic E-state index is 0.000109. The lowest BCUT2D eigenvalue weighted by molar-refractivity contribution is -0.695. The second kappa shape index (κ2) is 9.38. The zero-order valence-corrected chi connectivity index (χ0v) is 17.4. The van der Waals surface area contributed by atoms with Crippen LogP contribution in [0.3, 0.4) is 0 Å². The highest BCUT2D eigenvalue weighted by Gasteiger charge is 2.44. The Morgan fingerprint density at radius 3 is 2.94 bits per heavy atom. The summed E-state index contributed by atoms with van der Waals surface area (Å²) < 4.78 is 12.8. The molecule has 2 aromatic heterocycles. The molecular formula is C24H24N3O5+. The summed E-state index contributed by atoms with van der Waals surface area (Å²) >= 11 is 0. The SMILES string of the molecule is C=CCOc1cccc(C2C(C(=O)c3ccco3)=C(O)C(=O)N2CCC[n+]2cc[nH]c2)c1. The van der Waals surface area contributed by atoms with Crippen LogP contribution >= 0.6 is 0 Å². The number of ketones is 1. The number of aliphatic hydroxyl groups is 1. The highest BCUT2D eigenvalue weighted by atomic mass is 16.5. The zero-order chi connectivity index (χ0) is 22.5. The quantitative estimate of drug-likeness (QED) is 0.290. The number of aryl methyl sites for hydroxylation is 1. The summed E-state index contributed by atoms with van der Waals surface area (Å²) in [4.78, 5) is 30.7. The van der Waals surface area contributed by atoms with Crippen molar-refractivity contribution < 1.29 is 28.4 Å². The van der Waals surface area contributed by atoms with Crippen molar-refractivity contribution in [3.05, 3.63) is 96.7 Å². The van der Waals surface area contributed by atoms with Crippen LogP contribution < -0.4 is 9.30 Å². The zero-order valence-electron chi connectivity index (χ0n) is 17.4. The van der Waals surface area contributed by atoms with Gasteiger partial charge in [-0.3, -0.25) is 14.6 Å². The van der Waals surface area contributed by atoms with Crippen LogP contribution in [0.25, 0.3) is 0 Å². The van der Waals surface area contributed by atoms with Gasteiger partial charge in [-0.05, 0) is 29.8 Å². The average Bonchev–Trinajstić information content (AvgIpc) is 3.56. The van der Waals surface area contributed by atoms with Crippen molar-refractivity contribution in [3.8, 4) is 5.75 Å². The molecule has 0 bridgehead atoms. The van der Waals surface area contributed by atoms with Crippen LogP contribution in [0, 0.1) is 0 Å². The molecule has 1 aromatic carbocycles. The molecule has 8 heteroatoms. The number of H-pyrrole nitrogens is 1. The van der Waals surface area contributed by atoms with Crippen molar-refractivity contribution in [2.45, 2.75) is 19.0 Å². The number of furan rings is 1. The largest absolute Gasteiger partial charge is 0.503 e. The molecule has 32 heavy (non-hydrogen) atoms. The summed E-state index contributed by atoms with van der Waals surface area (Å²) in [6.07, 6.45) is 9.18. The van der Waals surface area contributed by atoms with E-state index in [0.29, 0.717) is 37.4 Å². The van der Waals surface area contributed by atoms with E-state index in [2.05, 4.69) is 11.6 Å². The number of carbonyl (C=O) groups excluding carboxylic acids is 2. The molecule has 164 valence electrons. The van der Waals surface area contributed by atoms with Crippen molar-refractivity contribution in [3.63, 3.8) is 0 Å². The summed E-state index contributed by atoms with van der Waals surface area (Å²) in [5.41, 5.74) is 0.660. The Balaban J connectivity index is 1.67. The number of ether oxygens (including phenoxy) is 1. The molecule has 2 N–H and O–H groups in total. The van der Waals surface area contributed by atoms with Crippen molar-refractivity contribution in [1.29, 1.82) is 0 Å². The fourth-order valence-electron chi connectivity index (χ4n) is 3.82. The van der Waals surface area contributed by atoms with E-state index in [1.165, 1.54) is 17.2 Å². The van der Waals surface area contributed by atoms with Crippen LogP contribution in [0.1, 0.15) is 28.6 Å². The number of hydrogen-bond donors (Lipinski definition) is 2. The van der Waals surface area contributed by atoms with E-state index in [1.807, 2.05) is 23.3 Å². The number of nitrogens with one attached hydrogen (secondary N) is 1. The van der Waals surface area contributed by atoms with Crippen LogP contribution in [0.15, 0.2) is 89.8 Å². The maximum atomic E-state index is 13.2. The minimum atomic E-state index is -0.761. The third-order valence-corrected chi connectivity index (χ3v) is 5.25. The number of Topliss-reactive ketones (excluding diaryl/α,β-unsaturated/α-hetero) is 1. The highest BCUT2D eigenvalue weighted by molar-refractivity contribution is 6.15. The second-order valence-electron chi connectivity index (χ2n) is 7.34. The van der Waals surface area contributed by atoms with E-state index in [1.54, 1.807) is 36.4 Å². The summed E-state index contributed by atoms with van der Waals surface area (Å²) in [5, 5.41) is 10.7. The first kappa shape index (κ1) is 21.2. The van der Waals surface area contributed by atoms with Crippen LogP contribution in [-0.2, 0) is 11.3 Å². The van der Waals surface area contributed by atoms with Gasteiger partial charge < -0.3 is 19.2 Å². The molecule has 8 nitrogen and oxygen atoms in total. The Labute approximate surface area is 185 Å². The monoisotopic (exact) mass is 434 g/mol. The van der Waals surface area contributed by atoms with Crippen molar-refractivity contribution >= 4 is 11.7 Å². The summed E-state index contributed by atoms with van der Waals surface area (Å²) in [6, 6.07) is 9.49. The summed E-state index contributed by atoms with van der Waals surface area (Å²) in [6.45, 7) is 4.99. The maximum Gasteiger partial charge on any atom is 0.290 e. The lowest BCUT2D eigenvalue weighted by Crippen LogP contribution is -2.36. The molecule has 1 unspecified atom stereocenters. The van der Waals surface area contributed by atoms with E-state index in [0.717, 1.165) is 0 Å². The number of amides is 1. The second-order valence-corrected chi connectivity index (χ2v) is 7.34. The number of nitrogens with zero attached hydrogens (tertiary/aromatic N) is 2. The Hall–Kier alpha value is -4.07. The van der Waals surface area contributed by atoms with Gasteiger partial charge in [0, 0.05) is 13.0 Å². The first-order valence-electron chi connectivity index (χ1n) is 10.3. The van der Waals surface area contributed by atoms with Gasteiger partial charge in [0.1, 0.15) is 24.8 Å². The van der Waals surface area contributed by atoms with Crippen LogP contribution in [0.2, 0.25) is 0 Å². The van der Waals surface area contributed by atoms with Gasteiger partial charge in [-0.2, -0.15) is 0 Å². The Bertz CT molecular complexity index is 1130. The van der Waals surface area contributed by atoms with Crippen molar-refractivity contribution in [2.24, 2.45) is 0 Å². The van der Waals surface area contributed by atoms with Gasteiger partial charge in [-0.1, -0.05) is 24.8 Å². The number of hydrogen-bond acceptors (Lipinski definition) is 5. The number of benzene rings is 1. The molecule has 3 heterocycles. The molecule has 1 aliphatic rings. The van der Waals surface area contributed by atoms with Crippen molar-refractivity contribution in [1.82, 2.24) is 9.88 Å². The highest BCUT2D eigenvalue weighted by Crippen LogP contribution is 2.40. The smallest absolute Gasteiger partial charge is 0.290 e. The molecule has 3 aromatic rings. The van der Waals surface area contributed by atoms with Gasteiger partial charge in [0.15, 0.2) is 11.5 Å². The normalized spacial score (nSPS) is 15.9. The van der Waals surface area contributed by atoms with E-state index >= 15 is 0 Å². The van der Waals surface area contributed by atoms with E-state index < -0.39 is 23.5 Å².